The minimum atomic E-state index is -0.898. The third-order valence-electron chi connectivity index (χ3n) is 1.45. The largest absolute Gasteiger partial charge is 0.389 e. The molecule has 1 heterocycles. The highest BCUT2D eigenvalue weighted by atomic mass is 16.7. The van der Waals surface area contributed by atoms with E-state index in [-0.39, 0.29) is 19.7 Å². The third-order valence-corrected chi connectivity index (χ3v) is 1.45. The zero-order valence-corrected chi connectivity index (χ0v) is 6.90. The number of aliphatic hydroxyl groups excluding tert-OH is 1. The molecule has 0 spiro atoms. The van der Waals surface area contributed by atoms with Gasteiger partial charge in [0, 0.05) is 0 Å². The van der Waals surface area contributed by atoms with Crippen LogP contribution in [0.5, 0.6) is 0 Å². The van der Waals surface area contributed by atoms with Gasteiger partial charge in [0.25, 0.3) is 0 Å². The molecule has 4 N–H and O–H groups in total. The number of hydroxylamine groups is 2. The molecule has 0 aliphatic carbocycles. The molecule has 1 aliphatic heterocycles. The maximum atomic E-state index is 10.9. The summed E-state index contributed by atoms with van der Waals surface area (Å²) in [6.45, 7) is 0.316. The lowest BCUT2D eigenvalue weighted by molar-refractivity contribution is -0.141. The number of β-amino-alcohol motifs (C(OH)–C–C–N with tert-alkyl or cyclic N) is 1. The molecule has 3 amide bonds. The van der Waals surface area contributed by atoms with E-state index in [1.807, 2.05) is 5.32 Å². The molecular weight excluding hydrogens is 178 g/mol. The molecular formula is C6H11N3O4. The second-order valence-electron chi connectivity index (χ2n) is 2.68. The van der Waals surface area contributed by atoms with E-state index in [9.17, 15) is 9.59 Å². The van der Waals surface area contributed by atoms with Crippen molar-refractivity contribution in [3.63, 3.8) is 0 Å². The minimum absolute atomic E-state index is 0.111. The highest BCUT2D eigenvalue weighted by Crippen LogP contribution is 2.03. The lowest BCUT2D eigenvalue weighted by Gasteiger charge is -2.11. The number of carbonyl (C=O) groups excluding carboxylic acids is 2. The zero-order valence-electron chi connectivity index (χ0n) is 6.90. The Morgan fingerprint density at radius 1 is 1.69 bits per heavy atom. The van der Waals surface area contributed by atoms with Gasteiger partial charge in [-0.25, -0.2) is 4.79 Å². The fourth-order valence-electron chi connectivity index (χ4n) is 0.979. The van der Waals surface area contributed by atoms with Crippen LogP contribution < -0.4 is 11.1 Å². The first-order valence-corrected chi connectivity index (χ1v) is 3.73. The van der Waals surface area contributed by atoms with Crippen molar-refractivity contribution in [2.75, 3.05) is 19.7 Å². The average Bonchev–Trinajstić information content (AvgIpc) is 2.33. The van der Waals surface area contributed by atoms with E-state index in [1.54, 1.807) is 0 Å². The number of nitrogens with two attached hydrogens (primary N) is 1. The Labute approximate surface area is 74.4 Å². The molecule has 0 aromatic carbocycles. The number of aliphatic hydroxyl groups is 1. The fraction of sp³-hybridized carbons (Fsp3) is 0.667. The summed E-state index contributed by atoms with van der Waals surface area (Å²) >= 11 is 0. The Morgan fingerprint density at radius 2 is 2.38 bits per heavy atom. The molecule has 1 atom stereocenters. The second kappa shape index (κ2) is 4.17. The van der Waals surface area contributed by atoms with Crippen molar-refractivity contribution < 1.29 is 19.5 Å². The number of carbonyl (C=O) groups is 2. The number of hydrogen-bond donors (Lipinski definition) is 3. The smallest absolute Gasteiger partial charge is 0.318 e. The quantitative estimate of drug-likeness (QED) is 0.456. The topological polar surface area (TPSA) is 105 Å². The van der Waals surface area contributed by atoms with Crippen molar-refractivity contribution >= 4 is 11.9 Å². The van der Waals surface area contributed by atoms with Gasteiger partial charge in [-0.3, -0.25) is 14.9 Å². The van der Waals surface area contributed by atoms with E-state index in [1.165, 1.54) is 5.06 Å². The molecule has 1 aliphatic rings. The first kappa shape index (κ1) is 9.90. The Balaban J connectivity index is 2.24. The Morgan fingerprint density at radius 3 is 2.85 bits per heavy atom. The van der Waals surface area contributed by atoms with Gasteiger partial charge in [0.2, 0.25) is 5.91 Å². The summed E-state index contributed by atoms with van der Waals surface area (Å²) < 4.78 is 0. The van der Waals surface area contributed by atoms with E-state index in [0.29, 0.717) is 0 Å². The van der Waals surface area contributed by atoms with Gasteiger partial charge in [0.05, 0.1) is 19.3 Å². The van der Waals surface area contributed by atoms with Crippen LogP contribution in [0.4, 0.5) is 4.79 Å². The van der Waals surface area contributed by atoms with Crippen molar-refractivity contribution in [2.45, 2.75) is 6.10 Å². The summed E-state index contributed by atoms with van der Waals surface area (Å²) in [6, 6.07) is -0.898. The molecule has 0 aromatic rings. The maximum Gasteiger partial charge on any atom is 0.318 e. The van der Waals surface area contributed by atoms with E-state index in [4.69, 9.17) is 15.7 Å². The number of rotatable bonds is 2. The van der Waals surface area contributed by atoms with Crippen LogP contribution in [0, 0.1) is 0 Å². The molecule has 0 saturated carbocycles. The van der Waals surface area contributed by atoms with Gasteiger partial charge in [-0.15, -0.1) is 0 Å². The molecule has 7 nitrogen and oxygen atoms in total. The van der Waals surface area contributed by atoms with Crippen LogP contribution in [0.3, 0.4) is 0 Å². The molecule has 0 bridgehead atoms. The van der Waals surface area contributed by atoms with E-state index in [0.717, 1.165) is 0 Å². The van der Waals surface area contributed by atoms with Crippen LogP contribution >= 0.6 is 0 Å². The molecule has 74 valence electrons. The van der Waals surface area contributed by atoms with Crippen LogP contribution in [0.25, 0.3) is 0 Å². The van der Waals surface area contributed by atoms with Gasteiger partial charge in [-0.1, -0.05) is 0 Å². The second-order valence-corrected chi connectivity index (χ2v) is 2.68. The molecule has 1 unspecified atom stereocenters. The summed E-state index contributed by atoms with van der Waals surface area (Å²) in [5.74, 6) is -0.554. The number of nitrogens with one attached hydrogen (secondary N) is 1. The molecule has 1 saturated heterocycles. The normalized spacial score (nSPS) is 23.0. The van der Waals surface area contributed by atoms with Gasteiger partial charge < -0.3 is 10.8 Å². The van der Waals surface area contributed by atoms with Crippen LogP contribution in [-0.4, -0.2) is 47.9 Å². The maximum absolute atomic E-state index is 10.9. The number of hydrogen-bond acceptors (Lipinski definition) is 5. The van der Waals surface area contributed by atoms with E-state index in [2.05, 4.69) is 0 Å². The first-order valence-electron chi connectivity index (χ1n) is 3.73. The fourth-order valence-corrected chi connectivity index (χ4v) is 0.979. The molecule has 1 rings (SSSR count). The van der Waals surface area contributed by atoms with Crippen LogP contribution in [-0.2, 0) is 9.63 Å². The summed E-state index contributed by atoms with van der Waals surface area (Å²) in [7, 11) is 0. The number of urea groups is 1. The first-order chi connectivity index (χ1) is 6.08. The van der Waals surface area contributed by atoms with Gasteiger partial charge >= 0.3 is 6.03 Å². The van der Waals surface area contributed by atoms with Crippen molar-refractivity contribution in [1.82, 2.24) is 10.4 Å². The zero-order chi connectivity index (χ0) is 9.84. The standard InChI is InChI=1S/C6H11N3O4/c7-6(12)8-5(11)2-9-1-4(10)3-13-9/h4,10H,1-3H2,(H3,7,8,11,12). The third kappa shape index (κ3) is 3.36. The lowest BCUT2D eigenvalue weighted by Crippen LogP contribution is -2.41. The van der Waals surface area contributed by atoms with Crippen molar-refractivity contribution in [3.8, 4) is 0 Å². The van der Waals surface area contributed by atoms with Gasteiger partial charge in [-0.2, -0.15) is 5.06 Å². The van der Waals surface area contributed by atoms with E-state index >= 15 is 0 Å². The Bertz CT molecular complexity index is 220. The van der Waals surface area contributed by atoms with Crippen molar-refractivity contribution in [3.05, 3.63) is 0 Å². The van der Waals surface area contributed by atoms with Gasteiger partial charge in [0.15, 0.2) is 0 Å². The Kier molecular flexibility index (Phi) is 3.18. The summed E-state index contributed by atoms with van der Waals surface area (Å²) in [5, 5.41) is 12.2. The summed E-state index contributed by atoms with van der Waals surface area (Å²) in [4.78, 5) is 26.0. The lowest BCUT2D eigenvalue weighted by atomic mass is 10.4. The van der Waals surface area contributed by atoms with Gasteiger partial charge in [-0.05, 0) is 0 Å². The predicted octanol–water partition coefficient (Wildman–Crippen LogP) is -2.21. The van der Waals surface area contributed by atoms with Crippen LogP contribution in [0.2, 0.25) is 0 Å². The SMILES string of the molecule is NC(=O)NC(=O)CN1CC(O)CO1. The van der Waals surface area contributed by atoms with Crippen molar-refractivity contribution in [2.24, 2.45) is 5.73 Å². The summed E-state index contributed by atoms with van der Waals surface area (Å²) in [5.41, 5.74) is 4.72. The monoisotopic (exact) mass is 189 g/mol. The van der Waals surface area contributed by atoms with Crippen LogP contribution in [0.1, 0.15) is 0 Å². The molecule has 13 heavy (non-hydrogen) atoms. The molecule has 7 heteroatoms. The van der Waals surface area contributed by atoms with Crippen molar-refractivity contribution in [1.29, 1.82) is 0 Å². The molecule has 0 radical (unpaired) electrons. The highest BCUT2D eigenvalue weighted by molar-refractivity contribution is 5.94. The Hall–Kier alpha value is -1.18. The molecule has 0 aromatic heterocycles. The number of primary amides is 1. The highest BCUT2D eigenvalue weighted by Gasteiger charge is 2.23. The van der Waals surface area contributed by atoms with Crippen LogP contribution in [0.15, 0.2) is 0 Å². The van der Waals surface area contributed by atoms with E-state index < -0.39 is 18.0 Å². The molecule has 1 fully saturated rings. The average molecular weight is 189 g/mol. The number of imide groups is 1. The number of nitrogens with zero attached hydrogens (tertiary/aromatic N) is 1. The summed E-state index contributed by atoms with van der Waals surface area (Å²) in [6.07, 6.45) is -0.582. The number of amides is 3. The minimum Gasteiger partial charge on any atom is -0.389 e. The van der Waals surface area contributed by atoms with Gasteiger partial charge in [0.1, 0.15) is 6.54 Å². The predicted molar refractivity (Wildman–Crippen MR) is 41.3 cm³/mol.